The molecular formula is C9H14N2O2S. The van der Waals surface area contributed by atoms with Gasteiger partial charge < -0.3 is 5.73 Å². The minimum Gasteiger partial charge on any atom is -0.329 e. The molecule has 4 nitrogen and oxygen atoms in total. The van der Waals surface area contributed by atoms with Crippen molar-refractivity contribution in [1.82, 2.24) is 4.98 Å². The quantitative estimate of drug-likeness (QED) is 0.780. The fraction of sp³-hybridized carbons (Fsp3) is 0.444. The predicted octanol–water partition coefficient (Wildman–Crippen LogP) is 0.264. The molecule has 1 aromatic heterocycles. The van der Waals surface area contributed by atoms with Crippen LogP contribution in [0.4, 0.5) is 0 Å². The van der Waals surface area contributed by atoms with Gasteiger partial charge in [-0.2, -0.15) is 0 Å². The van der Waals surface area contributed by atoms with Crippen molar-refractivity contribution in [3.8, 4) is 0 Å². The highest BCUT2D eigenvalue weighted by atomic mass is 32.2. The molecule has 0 spiro atoms. The molecule has 0 unspecified atom stereocenters. The molecule has 0 fully saturated rings. The first-order valence-corrected chi connectivity index (χ1v) is 6.19. The van der Waals surface area contributed by atoms with Gasteiger partial charge in [0.25, 0.3) is 0 Å². The SMILES string of the molecule is Cc1cccc(CS(=O)(=O)CCN)n1. The van der Waals surface area contributed by atoms with Gasteiger partial charge in [0.05, 0.1) is 17.2 Å². The number of nitrogens with two attached hydrogens (primary N) is 1. The number of pyridine rings is 1. The number of hydrogen-bond donors (Lipinski definition) is 1. The van der Waals surface area contributed by atoms with E-state index >= 15 is 0 Å². The van der Waals surface area contributed by atoms with Crippen LogP contribution in [0, 0.1) is 6.92 Å². The van der Waals surface area contributed by atoms with Crippen LogP contribution < -0.4 is 5.73 Å². The van der Waals surface area contributed by atoms with Crippen molar-refractivity contribution >= 4 is 9.84 Å². The molecular weight excluding hydrogens is 200 g/mol. The molecule has 0 radical (unpaired) electrons. The lowest BCUT2D eigenvalue weighted by atomic mass is 10.3. The molecule has 0 amide bonds. The maximum absolute atomic E-state index is 11.4. The lowest BCUT2D eigenvalue weighted by molar-refractivity contribution is 0.594. The molecule has 2 N–H and O–H groups in total. The monoisotopic (exact) mass is 214 g/mol. The molecule has 0 aromatic carbocycles. The molecule has 0 atom stereocenters. The first-order chi connectivity index (χ1) is 6.53. The van der Waals surface area contributed by atoms with Crippen molar-refractivity contribution in [2.75, 3.05) is 12.3 Å². The number of aryl methyl sites for hydroxylation is 1. The zero-order valence-corrected chi connectivity index (χ0v) is 8.92. The van der Waals surface area contributed by atoms with Gasteiger partial charge in [0.1, 0.15) is 0 Å². The van der Waals surface area contributed by atoms with E-state index in [0.29, 0.717) is 5.69 Å². The topological polar surface area (TPSA) is 73.0 Å². The average Bonchev–Trinajstić information content (AvgIpc) is 2.02. The van der Waals surface area contributed by atoms with Gasteiger partial charge in [0.2, 0.25) is 0 Å². The average molecular weight is 214 g/mol. The normalized spacial score (nSPS) is 11.6. The molecule has 1 heterocycles. The van der Waals surface area contributed by atoms with Gasteiger partial charge in [-0.3, -0.25) is 4.98 Å². The Morgan fingerprint density at radius 1 is 1.43 bits per heavy atom. The maximum atomic E-state index is 11.4. The predicted molar refractivity (Wildman–Crippen MR) is 55.5 cm³/mol. The summed E-state index contributed by atoms with van der Waals surface area (Å²) >= 11 is 0. The van der Waals surface area contributed by atoms with E-state index < -0.39 is 9.84 Å². The molecule has 5 heteroatoms. The van der Waals surface area contributed by atoms with Gasteiger partial charge in [0.15, 0.2) is 9.84 Å². The zero-order valence-electron chi connectivity index (χ0n) is 8.10. The number of rotatable bonds is 4. The van der Waals surface area contributed by atoms with Crippen molar-refractivity contribution in [3.05, 3.63) is 29.6 Å². The fourth-order valence-electron chi connectivity index (χ4n) is 1.16. The lowest BCUT2D eigenvalue weighted by Crippen LogP contribution is -2.17. The summed E-state index contributed by atoms with van der Waals surface area (Å²) in [6, 6.07) is 5.34. The van der Waals surface area contributed by atoms with Crippen LogP contribution >= 0.6 is 0 Å². The third kappa shape index (κ3) is 3.43. The number of hydrogen-bond acceptors (Lipinski definition) is 4. The second kappa shape index (κ2) is 4.52. The van der Waals surface area contributed by atoms with E-state index in [1.165, 1.54) is 0 Å². The maximum Gasteiger partial charge on any atom is 0.157 e. The van der Waals surface area contributed by atoms with Gasteiger partial charge in [-0.1, -0.05) is 6.07 Å². The summed E-state index contributed by atoms with van der Waals surface area (Å²) in [7, 11) is -3.09. The van der Waals surface area contributed by atoms with Crippen LogP contribution in [0.15, 0.2) is 18.2 Å². The van der Waals surface area contributed by atoms with Crippen LogP contribution in [0.5, 0.6) is 0 Å². The third-order valence-electron chi connectivity index (χ3n) is 1.74. The summed E-state index contributed by atoms with van der Waals surface area (Å²) < 4.78 is 22.8. The Morgan fingerprint density at radius 3 is 2.71 bits per heavy atom. The van der Waals surface area contributed by atoms with Crippen LogP contribution in [0.1, 0.15) is 11.4 Å². The van der Waals surface area contributed by atoms with Gasteiger partial charge in [-0.15, -0.1) is 0 Å². The fourth-order valence-corrected chi connectivity index (χ4v) is 2.27. The third-order valence-corrected chi connectivity index (χ3v) is 3.34. The zero-order chi connectivity index (χ0) is 10.6. The summed E-state index contributed by atoms with van der Waals surface area (Å²) in [4.78, 5) is 4.12. The Kier molecular flexibility index (Phi) is 3.60. The summed E-state index contributed by atoms with van der Waals surface area (Å²) in [6.45, 7) is 1.99. The van der Waals surface area contributed by atoms with E-state index in [1.807, 2.05) is 13.0 Å². The molecule has 78 valence electrons. The molecule has 0 saturated heterocycles. The van der Waals surface area contributed by atoms with Crippen LogP contribution in [-0.2, 0) is 15.6 Å². The molecule has 0 bridgehead atoms. The van der Waals surface area contributed by atoms with Crippen LogP contribution in [0.2, 0.25) is 0 Å². The molecule has 0 saturated carbocycles. The molecule has 0 aliphatic heterocycles. The van der Waals surface area contributed by atoms with E-state index in [2.05, 4.69) is 4.98 Å². The lowest BCUT2D eigenvalue weighted by Gasteiger charge is -2.02. The minimum absolute atomic E-state index is 0.0165. The smallest absolute Gasteiger partial charge is 0.157 e. The van der Waals surface area contributed by atoms with Gasteiger partial charge >= 0.3 is 0 Å². The Morgan fingerprint density at radius 2 is 2.14 bits per heavy atom. The summed E-state index contributed by atoms with van der Waals surface area (Å²) in [5.74, 6) is -0.00545. The standard InChI is InChI=1S/C9H14N2O2S/c1-8-3-2-4-9(11-8)7-14(12,13)6-5-10/h2-4H,5-7,10H2,1H3. The van der Waals surface area contributed by atoms with Crippen molar-refractivity contribution in [3.63, 3.8) is 0 Å². The van der Waals surface area contributed by atoms with Gasteiger partial charge in [-0.05, 0) is 19.1 Å². The highest BCUT2D eigenvalue weighted by Crippen LogP contribution is 2.04. The highest BCUT2D eigenvalue weighted by molar-refractivity contribution is 7.90. The molecule has 1 aromatic rings. The Bertz CT molecular complexity index is 401. The van der Waals surface area contributed by atoms with Gasteiger partial charge in [0, 0.05) is 12.2 Å². The van der Waals surface area contributed by atoms with E-state index in [-0.39, 0.29) is 18.1 Å². The van der Waals surface area contributed by atoms with E-state index in [9.17, 15) is 8.42 Å². The van der Waals surface area contributed by atoms with Crippen LogP contribution in [-0.4, -0.2) is 25.7 Å². The minimum atomic E-state index is -3.09. The highest BCUT2D eigenvalue weighted by Gasteiger charge is 2.11. The molecule has 0 aliphatic carbocycles. The van der Waals surface area contributed by atoms with Crippen molar-refractivity contribution < 1.29 is 8.42 Å². The number of aromatic nitrogens is 1. The molecule has 0 aliphatic rings. The molecule has 1 rings (SSSR count). The number of sulfone groups is 1. The summed E-state index contributed by atoms with van der Waals surface area (Å²) in [5, 5.41) is 0. The first kappa shape index (κ1) is 11.1. The van der Waals surface area contributed by atoms with E-state index in [4.69, 9.17) is 5.73 Å². The van der Waals surface area contributed by atoms with E-state index in [0.717, 1.165) is 5.69 Å². The van der Waals surface area contributed by atoms with Gasteiger partial charge in [-0.25, -0.2) is 8.42 Å². The van der Waals surface area contributed by atoms with E-state index in [1.54, 1.807) is 12.1 Å². The molecule has 14 heavy (non-hydrogen) atoms. The Balaban J connectivity index is 2.79. The summed E-state index contributed by atoms with van der Waals surface area (Å²) in [6.07, 6.45) is 0. The van der Waals surface area contributed by atoms with Crippen LogP contribution in [0.3, 0.4) is 0 Å². The van der Waals surface area contributed by atoms with Crippen molar-refractivity contribution in [2.24, 2.45) is 5.73 Å². The van der Waals surface area contributed by atoms with Crippen molar-refractivity contribution in [2.45, 2.75) is 12.7 Å². The number of nitrogens with zero attached hydrogens (tertiary/aromatic N) is 1. The summed E-state index contributed by atoms with van der Waals surface area (Å²) in [5.41, 5.74) is 6.61. The largest absolute Gasteiger partial charge is 0.329 e. The van der Waals surface area contributed by atoms with Crippen molar-refractivity contribution in [1.29, 1.82) is 0 Å². The van der Waals surface area contributed by atoms with Crippen LogP contribution in [0.25, 0.3) is 0 Å². The Hall–Kier alpha value is -0.940. The Labute approximate surface area is 84.1 Å². The second-order valence-electron chi connectivity index (χ2n) is 3.15. The second-order valence-corrected chi connectivity index (χ2v) is 5.34. The first-order valence-electron chi connectivity index (χ1n) is 4.36.